The molecule has 28 heavy (non-hydrogen) atoms. The molecular weight excluding hydrogens is 461 g/mol. The van der Waals surface area contributed by atoms with Crippen LogP contribution in [-0.2, 0) is 15.7 Å². The lowest BCUT2D eigenvalue weighted by Crippen LogP contribution is -2.42. The maximum Gasteiger partial charge on any atom is 0.418 e. The standard InChI is InChI=1S/C19H17BrClF3N2O2/c20-13-6-4-12(5-7-13)16-10-26(8-9-28-16)11-17(27)25-18-14(19(22,23)24)2-1-3-15(18)21/h1-7,16H,8-11H2,(H,25,27). The average Bonchev–Trinajstić information content (AvgIpc) is 2.63. The van der Waals surface area contributed by atoms with Crippen LogP contribution in [0.5, 0.6) is 0 Å². The molecule has 0 aromatic heterocycles. The Morgan fingerprint density at radius 1 is 1.25 bits per heavy atom. The SMILES string of the molecule is O=C(CN1CCOC(c2ccc(Br)cc2)C1)Nc1c(Cl)cccc1C(F)(F)F. The number of halogens is 5. The van der Waals surface area contributed by atoms with E-state index in [9.17, 15) is 18.0 Å². The lowest BCUT2D eigenvalue weighted by Gasteiger charge is -2.32. The van der Waals surface area contributed by atoms with Gasteiger partial charge in [-0.25, -0.2) is 0 Å². The molecule has 1 aliphatic heterocycles. The summed E-state index contributed by atoms with van der Waals surface area (Å²) in [4.78, 5) is 14.2. The molecule has 4 nitrogen and oxygen atoms in total. The van der Waals surface area contributed by atoms with Crippen LogP contribution in [0.15, 0.2) is 46.9 Å². The Kier molecular flexibility index (Phi) is 6.65. The second-order valence-electron chi connectivity index (χ2n) is 6.35. The van der Waals surface area contributed by atoms with Crippen molar-refractivity contribution in [2.24, 2.45) is 0 Å². The molecule has 9 heteroatoms. The fourth-order valence-electron chi connectivity index (χ4n) is 2.99. The summed E-state index contributed by atoms with van der Waals surface area (Å²) in [5.41, 5.74) is -0.416. The molecule has 1 amide bonds. The number of rotatable bonds is 4. The smallest absolute Gasteiger partial charge is 0.371 e. The van der Waals surface area contributed by atoms with Crippen molar-refractivity contribution in [2.75, 3.05) is 31.6 Å². The average molecular weight is 478 g/mol. The Bertz CT molecular complexity index is 846. The predicted molar refractivity (Wildman–Crippen MR) is 104 cm³/mol. The molecule has 1 N–H and O–H groups in total. The Hall–Kier alpha value is -1.61. The summed E-state index contributed by atoms with van der Waals surface area (Å²) >= 11 is 9.26. The summed E-state index contributed by atoms with van der Waals surface area (Å²) in [5.74, 6) is -0.560. The zero-order chi connectivity index (χ0) is 20.3. The quantitative estimate of drug-likeness (QED) is 0.664. The number of alkyl halides is 3. The Labute approximate surface area is 173 Å². The van der Waals surface area contributed by atoms with Crippen LogP contribution in [0.1, 0.15) is 17.2 Å². The van der Waals surface area contributed by atoms with Crippen LogP contribution in [0.2, 0.25) is 5.02 Å². The minimum absolute atomic E-state index is 0.0566. The van der Waals surface area contributed by atoms with Crippen molar-refractivity contribution in [3.8, 4) is 0 Å². The molecule has 1 saturated heterocycles. The highest BCUT2D eigenvalue weighted by atomic mass is 79.9. The molecule has 0 bridgehead atoms. The van der Waals surface area contributed by atoms with Gasteiger partial charge in [0.15, 0.2) is 0 Å². The van der Waals surface area contributed by atoms with Crippen LogP contribution >= 0.6 is 27.5 Å². The molecule has 1 aliphatic rings. The van der Waals surface area contributed by atoms with Gasteiger partial charge in [-0.3, -0.25) is 9.69 Å². The summed E-state index contributed by atoms with van der Waals surface area (Å²) in [7, 11) is 0. The Balaban J connectivity index is 1.66. The molecule has 1 fully saturated rings. The highest BCUT2D eigenvalue weighted by Gasteiger charge is 2.35. The van der Waals surface area contributed by atoms with Crippen LogP contribution in [0.25, 0.3) is 0 Å². The van der Waals surface area contributed by atoms with Gasteiger partial charge >= 0.3 is 6.18 Å². The van der Waals surface area contributed by atoms with E-state index in [1.54, 1.807) is 0 Å². The van der Waals surface area contributed by atoms with Crippen LogP contribution in [-0.4, -0.2) is 37.0 Å². The third-order valence-corrected chi connectivity index (χ3v) is 5.19. The molecular formula is C19H17BrClF3N2O2. The molecule has 2 aromatic carbocycles. The topological polar surface area (TPSA) is 41.6 Å². The number of carbonyl (C=O) groups excluding carboxylic acids is 1. The predicted octanol–water partition coefficient (Wildman–Crippen LogP) is 5.13. The van der Waals surface area contributed by atoms with Crippen molar-refractivity contribution < 1.29 is 22.7 Å². The number of hydrogen-bond acceptors (Lipinski definition) is 3. The Morgan fingerprint density at radius 3 is 2.64 bits per heavy atom. The van der Waals surface area contributed by atoms with E-state index in [2.05, 4.69) is 21.2 Å². The number of morpholine rings is 1. The van der Waals surface area contributed by atoms with Gasteiger partial charge in [-0.2, -0.15) is 13.2 Å². The van der Waals surface area contributed by atoms with Crippen molar-refractivity contribution >= 4 is 39.1 Å². The zero-order valence-corrected chi connectivity index (χ0v) is 16.9. The van der Waals surface area contributed by atoms with Gasteiger partial charge in [-0.05, 0) is 29.8 Å². The number of benzene rings is 2. The molecule has 0 radical (unpaired) electrons. The van der Waals surface area contributed by atoms with E-state index in [1.165, 1.54) is 12.1 Å². The van der Waals surface area contributed by atoms with Gasteiger partial charge in [0, 0.05) is 17.6 Å². The first-order valence-electron chi connectivity index (χ1n) is 8.49. The minimum atomic E-state index is -4.61. The monoisotopic (exact) mass is 476 g/mol. The van der Waals surface area contributed by atoms with Crippen molar-refractivity contribution in [2.45, 2.75) is 12.3 Å². The summed E-state index contributed by atoms with van der Waals surface area (Å²) in [6, 6.07) is 11.1. The number of carbonyl (C=O) groups is 1. The van der Waals surface area contributed by atoms with Crippen LogP contribution in [0.3, 0.4) is 0 Å². The molecule has 0 spiro atoms. The van der Waals surface area contributed by atoms with Crippen molar-refractivity contribution in [1.29, 1.82) is 0 Å². The first kappa shape index (κ1) is 21.1. The molecule has 1 atom stereocenters. The summed E-state index contributed by atoms with van der Waals surface area (Å²) < 4.78 is 46.2. The molecule has 3 rings (SSSR count). The second kappa shape index (κ2) is 8.82. The van der Waals surface area contributed by atoms with Gasteiger partial charge in [0.2, 0.25) is 5.91 Å². The molecule has 2 aromatic rings. The van der Waals surface area contributed by atoms with E-state index in [0.717, 1.165) is 16.1 Å². The number of hydrogen-bond donors (Lipinski definition) is 1. The highest BCUT2D eigenvalue weighted by Crippen LogP contribution is 2.38. The summed E-state index contributed by atoms with van der Waals surface area (Å²) in [6.07, 6.45) is -4.82. The van der Waals surface area contributed by atoms with E-state index in [1.807, 2.05) is 29.2 Å². The molecule has 0 saturated carbocycles. The molecule has 0 aliphatic carbocycles. The van der Waals surface area contributed by atoms with Crippen molar-refractivity contribution in [3.05, 3.63) is 63.1 Å². The first-order chi connectivity index (χ1) is 13.2. The lowest BCUT2D eigenvalue weighted by atomic mass is 10.1. The van der Waals surface area contributed by atoms with E-state index in [-0.39, 0.29) is 17.7 Å². The highest BCUT2D eigenvalue weighted by molar-refractivity contribution is 9.10. The van der Waals surface area contributed by atoms with Crippen LogP contribution < -0.4 is 5.32 Å². The van der Waals surface area contributed by atoms with E-state index < -0.39 is 23.3 Å². The van der Waals surface area contributed by atoms with Crippen LogP contribution in [0, 0.1) is 0 Å². The number of anilines is 1. The molecule has 1 unspecified atom stereocenters. The van der Waals surface area contributed by atoms with Crippen LogP contribution in [0.4, 0.5) is 18.9 Å². The lowest BCUT2D eigenvalue weighted by molar-refractivity contribution is -0.137. The first-order valence-corrected chi connectivity index (χ1v) is 9.66. The van der Waals surface area contributed by atoms with Gasteiger partial charge in [-0.15, -0.1) is 0 Å². The maximum atomic E-state index is 13.2. The van der Waals surface area contributed by atoms with Crippen molar-refractivity contribution in [3.63, 3.8) is 0 Å². The number of nitrogens with zero attached hydrogens (tertiary/aromatic N) is 1. The number of para-hydroxylation sites is 1. The van der Waals surface area contributed by atoms with Gasteiger partial charge in [0.25, 0.3) is 0 Å². The number of ether oxygens (including phenoxy) is 1. The van der Waals surface area contributed by atoms with Gasteiger partial charge < -0.3 is 10.1 Å². The van der Waals surface area contributed by atoms with Crippen molar-refractivity contribution in [1.82, 2.24) is 4.90 Å². The number of nitrogens with one attached hydrogen (secondary N) is 1. The van der Waals surface area contributed by atoms with E-state index in [0.29, 0.717) is 19.7 Å². The number of amides is 1. The third-order valence-electron chi connectivity index (χ3n) is 4.34. The molecule has 150 valence electrons. The maximum absolute atomic E-state index is 13.2. The fourth-order valence-corrected chi connectivity index (χ4v) is 3.48. The summed E-state index contributed by atoms with van der Waals surface area (Å²) in [6.45, 7) is 1.34. The van der Waals surface area contributed by atoms with Gasteiger partial charge in [-0.1, -0.05) is 45.7 Å². The fraction of sp³-hybridized carbons (Fsp3) is 0.316. The minimum Gasteiger partial charge on any atom is -0.371 e. The Morgan fingerprint density at radius 2 is 1.96 bits per heavy atom. The van der Waals surface area contributed by atoms with E-state index >= 15 is 0 Å². The van der Waals surface area contributed by atoms with Gasteiger partial charge in [0.1, 0.15) is 0 Å². The largest absolute Gasteiger partial charge is 0.418 e. The molecule has 1 heterocycles. The zero-order valence-electron chi connectivity index (χ0n) is 14.6. The summed E-state index contributed by atoms with van der Waals surface area (Å²) in [5, 5.41) is 2.16. The van der Waals surface area contributed by atoms with E-state index in [4.69, 9.17) is 16.3 Å². The van der Waals surface area contributed by atoms with Gasteiger partial charge in [0.05, 0.1) is 35.5 Å². The second-order valence-corrected chi connectivity index (χ2v) is 7.68. The third kappa shape index (κ3) is 5.26. The normalized spacial score (nSPS) is 18.1.